The van der Waals surface area contributed by atoms with Gasteiger partial charge in [0.25, 0.3) is 0 Å². The largest absolute Gasteiger partial charge is 0.493 e. The molecule has 1 aromatic heterocycles. The van der Waals surface area contributed by atoms with Gasteiger partial charge in [0.15, 0.2) is 0 Å². The number of carboxylic acid groups (broad SMARTS) is 1. The highest BCUT2D eigenvalue weighted by Gasteiger charge is 2.05. The summed E-state index contributed by atoms with van der Waals surface area (Å²) in [6, 6.07) is 5.52. The molecule has 0 amide bonds. The molecule has 0 bridgehead atoms. The molecule has 21 heavy (non-hydrogen) atoms. The van der Waals surface area contributed by atoms with Crippen LogP contribution < -0.4 is 4.74 Å². The predicted octanol–water partition coefficient (Wildman–Crippen LogP) is 3.93. The molecule has 6 heteroatoms. The van der Waals surface area contributed by atoms with Crippen molar-refractivity contribution < 1.29 is 14.6 Å². The van der Waals surface area contributed by atoms with E-state index in [0.717, 1.165) is 28.2 Å². The second-order valence-corrected chi connectivity index (χ2v) is 6.17. The van der Waals surface area contributed by atoms with Crippen LogP contribution in [0.25, 0.3) is 6.08 Å². The van der Waals surface area contributed by atoms with Crippen LogP contribution in [0.3, 0.4) is 0 Å². The van der Waals surface area contributed by atoms with Crippen LogP contribution in [0, 0.1) is 6.92 Å². The smallest absolute Gasteiger partial charge is 0.328 e. The monoisotopic (exact) mass is 367 g/mol. The van der Waals surface area contributed by atoms with Crippen molar-refractivity contribution >= 4 is 39.3 Å². The highest BCUT2D eigenvalue weighted by atomic mass is 79.9. The zero-order chi connectivity index (χ0) is 15.2. The first-order chi connectivity index (χ1) is 10.1. The Bertz CT molecular complexity index is 667. The van der Waals surface area contributed by atoms with E-state index in [0.29, 0.717) is 12.4 Å². The van der Waals surface area contributed by atoms with E-state index in [1.54, 1.807) is 11.3 Å². The number of aryl methyl sites for hydroxylation is 1. The predicted molar refractivity (Wildman–Crippen MR) is 86.9 cm³/mol. The number of thiazole rings is 1. The van der Waals surface area contributed by atoms with Crippen LogP contribution in [0.2, 0.25) is 0 Å². The minimum Gasteiger partial charge on any atom is -0.493 e. The first-order valence-electron chi connectivity index (χ1n) is 6.28. The van der Waals surface area contributed by atoms with Gasteiger partial charge in [0.2, 0.25) is 0 Å². The topological polar surface area (TPSA) is 59.4 Å². The van der Waals surface area contributed by atoms with Gasteiger partial charge in [0, 0.05) is 27.4 Å². The highest BCUT2D eigenvalue weighted by Crippen LogP contribution is 2.25. The van der Waals surface area contributed by atoms with E-state index < -0.39 is 5.97 Å². The number of carboxylic acids is 1. The molecule has 0 saturated carbocycles. The molecule has 0 atom stereocenters. The third kappa shape index (κ3) is 4.68. The first kappa shape index (κ1) is 15.7. The molecule has 1 aromatic carbocycles. The number of ether oxygens (including phenoxy) is 1. The van der Waals surface area contributed by atoms with E-state index in [1.165, 1.54) is 11.0 Å². The van der Waals surface area contributed by atoms with E-state index in [2.05, 4.69) is 20.9 Å². The molecule has 0 aliphatic carbocycles. The van der Waals surface area contributed by atoms with E-state index in [4.69, 9.17) is 9.84 Å². The van der Waals surface area contributed by atoms with Crippen molar-refractivity contribution in [3.8, 4) is 5.75 Å². The number of hydrogen-bond donors (Lipinski definition) is 1. The zero-order valence-electron chi connectivity index (χ0n) is 11.4. The maximum Gasteiger partial charge on any atom is 0.328 e. The summed E-state index contributed by atoms with van der Waals surface area (Å²) in [5, 5.41) is 8.72. The average molecular weight is 368 g/mol. The lowest BCUT2D eigenvalue weighted by Crippen LogP contribution is -2.02. The summed E-state index contributed by atoms with van der Waals surface area (Å²) in [6.45, 7) is 2.51. The van der Waals surface area contributed by atoms with Gasteiger partial charge in [0.05, 0.1) is 17.8 Å². The van der Waals surface area contributed by atoms with Gasteiger partial charge < -0.3 is 9.84 Å². The Balaban J connectivity index is 2.05. The fourth-order valence-electron chi connectivity index (χ4n) is 1.76. The molecule has 0 aliphatic rings. The second-order valence-electron chi connectivity index (χ2n) is 4.31. The van der Waals surface area contributed by atoms with Crippen molar-refractivity contribution in [2.24, 2.45) is 0 Å². The third-order valence-electron chi connectivity index (χ3n) is 2.81. The Morgan fingerprint density at radius 1 is 1.52 bits per heavy atom. The maximum absolute atomic E-state index is 10.6. The molecule has 0 saturated heterocycles. The molecular formula is C15H14BrNO3S. The van der Waals surface area contributed by atoms with Crippen LogP contribution in [-0.4, -0.2) is 22.7 Å². The number of benzene rings is 1. The minimum absolute atomic E-state index is 0.526. The lowest BCUT2D eigenvalue weighted by atomic mass is 10.2. The SMILES string of the molecule is Cc1ncsc1CCOc1ccc(Br)cc1C=CC(=O)O. The maximum atomic E-state index is 10.6. The van der Waals surface area contributed by atoms with Gasteiger partial charge >= 0.3 is 5.97 Å². The molecule has 0 unspecified atom stereocenters. The van der Waals surface area contributed by atoms with E-state index in [-0.39, 0.29) is 0 Å². The summed E-state index contributed by atoms with van der Waals surface area (Å²) in [4.78, 5) is 16.0. The van der Waals surface area contributed by atoms with Gasteiger partial charge in [0.1, 0.15) is 5.75 Å². The Kier molecular flexibility index (Phi) is 5.52. The minimum atomic E-state index is -0.985. The number of halogens is 1. The second kappa shape index (κ2) is 7.38. The third-order valence-corrected chi connectivity index (χ3v) is 4.30. The summed E-state index contributed by atoms with van der Waals surface area (Å²) in [5.74, 6) is -0.320. The lowest BCUT2D eigenvalue weighted by Gasteiger charge is -2.09. The van der Waals surface area contributed by atoms with E-state index >= 15 is 0 Å². The molecule has 110 valence electrons. The number of rotatable bonds is 6. The summed E-state index contributed by atoms with van der Waals surface area (Å²) in [5.41, 5.74) is 3.59. The molecule has 0 spiro atoms. The fraction of sp³-hybridized carbons (Fsp3) is 0.200. The summed E-state index contributed by atoms with van der Waals surface area (Å²) in [7, 11) is 0. The Morgan fingerprint density at radius 2 is 2.33 bits per heavy atom. The summed E-state index contributed by atoms with van der Waals surface area (Å²) >= 11 is 4.98. The average Bonchev–Trinajstić information content (AvgIpc) is 2.84. The van der Waals surface area contributed by atoms with Crippen molar-refractivity contribution in [2.45, 2.75) is 13.3 Å². The number of hydrogen-bond acceptors (Lipinski definition) is 4. The number of aromatic nitrogens is 1. The normalized spacial score (nSPS) is 11.0. The summed E-state index contributed by atoms with van der Waals surface area (Å²) in [6.07, 6.45) is 3.41. The Labute approximate surface area is 135 Å². The standard InChI is InChI=1S/C15H14BrNO3S/c1-10-14(21-9-17-10)6-7-20-13-4-3-12(16)8-11(13)2-5-15(18)19/h2-5,8-9H,6-7H2,1H3,(H,18,19). The highest BCUT2D eigenvalue weighted by molar-refractivity contribution is 9.10. The van der Waals surface area contributed by atoms with Crippen molar-refractivity contribution in [3.05, 3.63) is 50.4 Å². The molecule has 1 heterocycles. The number of aliphatic carboxylic acids is 1. The summed E-state index contributed by atoms with van der Waals surface area (Å²) < 4.78 is 6.64. The van der Waals surface area contributed by atoms with Crippen LogP contribution in [0.4, 0.5) is 0 Å². The number of nitrogens with zero attached hydrogens (tertiary/aromatic N) is 1. The van der Waals surface area contributed by atoms with Crippen molar-refractivity contribution in [1.29, 1.82) is 0 Å². The zero-order valence-corrected chi connectivity index (χ0v) is 13.8. The van der Waals surface area contributed by atoms with Crippen LogP contribution in [-0.2, 0) is 11.2 Å². The van der Waals surface area contributed by atoms with E-state index in [9.17, 15) is 4.79 Å². The van der Waals surface area contributed by atoms with Crippen molar-refractivity contribution in [1.82, 2.24) is 4.98 Å². The van der Waals surface area contributed by atoms with Crippen LogP contribution in [0.5, 0.6) is 5.75 Å². The Morgan fingerprint density at radius 3 is 3.00 bits per heavy atom. The Hall–Kier alpha value is -1.66. The molecule has 0 fully saturated rings. The molecule has 4 nitrogen and oxygen atoms in total. The van der Waals surface area contributed by atoms with Crippen LogP contribution in [0.1, 0.15) is 16.1 Å². The van der Waals surface area contributed by atoms with Gasteiger partial charge in [-0.1, -0.05) is 15.9 Å². The van der Waals surface area contributed by atoms with E-state index in [1.807, 2.05) is 30.6 Å². The van der Waals surface area contributed by atoms with Gasteiger partial charge in [-0.15, -0.1) is 11.3 Å². The molecule has 0 aliphatic heterocycles. The molecule has 0 radical (unpaired) electrons. The molecule has 1 N–H and O–H groups in total. The van der Waals surface area contributed by atoms with Crippen molar-refractivity contribution in [2.75, 3.05) is 6.61 Å². The number of carbonyl (C=O) groups is 1. The molecule has 2 aromatic rings. The van der Waals surface area contributed by atoms with Gasteiger partial charge in [-0.25, -0.2) is 9.78 Å². The fourth-order valence-corrected chi connectivity index (χ4v) is 2.90. The van der Waals surface area contributed by atoms with Crippen LogP contribution in [0.15, 0.2) is 34.3 Å². The quantitative estimate of drug-likeness (QED) is 0.785. The molecule has 2 rings (SSSR count). The van der Waals surface area contributed by atoms with Gasteiger partial charge in [-0.3, -0.25) is 0 Å². The molecular weight excluding hydrogens is 354 g/mol. The lowest BCUT2D eigenvalue weighted by molar-refractivity contribution is -0.131. The van der Waals surface area contributed by atoms with Crippen LogP contribution >= 0.6 is 27.3 Å². The van der Waals surface area contributed by atoms with Crippen molar-refractivity contribution in [3.63, 3.8) is 0 Å². The first-order valence-corrected chi connectivity index (χ1v) is 7.96. The van der Waals surface area contributed by atoms with Gasteiger partial charge in [-0.05, 0) is 31.2 Å². The van der Waals surface area contributed by atoms with Gasteiger partial charge in [-0.2, -0.15) is 0 Å².